The molecule has 11 heteroatoms. The standard InChI is InChI=1S/C32H43N7O4/c1-21-15-23(16-22(2)29(21)33)17-28(30(40)38-19-37(20-38)26-7-11-34-18-26)43-32(42)36-12-9-25(10-13-36)39-14-8-24-5-3-4-6-27(24)35-31(39)41/h3-6,15-16,25-26,28,34H,7-14,17-20,33H2,1-2H3,(H,35,41). The molecular formula is C32H43N7O4. The molecule has 2 aromatic carbocycles. The van der Waals surface area contributed by atoms with Crippen LogP contribution in [0.4, 0.5) is 21.0 Å². The van der Waals surface area contributed by atoms with Gasteiger partial charge in [0, 0.05) is 56.1 Å². The second-order valence-electron chi connectivity index (χ2n) is 12.4. The number of carbonyl (C=O) groups is 3. The highest BCUT2D eigenvalue weighted by atomic mass is 16.6. The average Bonchev–Trinajstić information content (AvgIpc) is 3.44. The van der Waals surface area contributed by atoms with Gasteiger partial charge in [-0.3, -0.25) is 9.69 Å². The van der Waals surface area contributed by atoms with E-state index in [2.05, 4.69) is 15.5 Å². The number of benzene rings is 2. The van der Waals surface area contributed by atoms with E-state index < -0.39 is 12.2 Å². The van der Waals surface area contributed by atoms with Gasteiger partial charge in [-0.2, -0.15) is 0 Å². The van der Waals surface area contributed by atoms with E-state index in [0.29, 0.717) is 58.3 Å². The molecule has 4 N–H and O–H groups in total. The lowest BCUT2D eigenvalue weighted by atomic mass is 9.99. The van der Waals surface area contributed by atoms with Crippen LogP contribution in [-0.2, 0) is 22.4 Å². The number of nitrogen functional groups attached to an aromatic ring is 1. The molecule has 0 aromatic heterocycles. The summed E-state index contributed by atoms with van der Waals surface area (Å²) in [5.74, 6) is -0.168. The van der Waals surface area contributed by atoms with E-state index >= 15 is 0 Å². The van der Waals surface area contributed by atoms with Gasteiger partial charge in [-0.1, -0.05) is 30.3 Å². The van der Waals surface area contributed by atoms with Crippen LogP contribution in [0, 0.1) is 13.8 Å². The quantitative estimate of drug-likeness (QED) is 0.443. The van der Waals surface area contributed by atoms with Crippen molar-refractivity contribution in [3.8, 4) is 0 Å². The predicted octanol–water partition coefficient (Wildman–Crippen LogP) is 2.91. The molecular weight excluding hydrogens is 546 g/mol. The first-order valence-electron chi connectivity index (χ1n) is 15.5. The van der Waals surface area contributed by atoms with Crippen LogP contribution in [0.5, 0.6) is 0 Å². The minimum absolute atomic E-state index is 0.0358. The van der Waals surface area contributed by atoms with Crippen molar-refractivity contribution in [1.82, 2.24) is 24.9 Å². The summed E-state index contributed by atoms with van der Waals surface area (Å²) >= 11 is 0. The average molecular weight is 590 g/mol. The summed E-state index contributed by atoms with van der Waals surface area (Å²) in [5, 5.41) is 6.42. The Bertz CT molecular complexity index is 1340. The molecule has 11 nitrogen and oxygen atoms in total. The third-order valence-corrected chi connectivity index (χ3v) is 9.47. The number of hydrogen-bond donors (Lipinski definition) is 3. The number of fused-ring (bicyclic) bond motifs is 1. The molecule has 4 heterocycles. The van der Waals surface area contributed by atoms with E-state index in [1.807, 2.05) is 55.1 Å². The molecule has 0 aliphatic carbocycles. The van der Waals surface area contributed by atoms with Gasteiger partial charge in [-0.15, -0.1) is 0 Å². The second kappa shape index (κ2) is 12.4. The number of nitrogens with one attached hydrogen (secondary N) is 2. The van der Waals surface area contributed by atoms with Gasteiger partial charge in [-0.05, 0) is 74.4 Å². The fourth-order valence-electron chi connectivity index (χ4n) is 6.79. The maximum atomic E-state index is 13.7. The van der Waals surface area contributed by atoms with Crippen LogP contribution in [0.3, 0.4) is 0 Å². The molecule has 0 saturated carbocycles. The Balaban J connectivity index is 1.08. The summed E-state index contributed by atoms with van der Waals surface area (Å²) < 4.78 is 5.99. The molecule has 230 valence electrons. The zero-order valence-electron chi connectivity index (χ0n) is 25.2. The van der Waals surface area contributed by atoms with Gasteiger partial charge in [0.2, 0.25) is 0 Å². The molecule has 4 amide bonds. The van der Waals surface area contributed by atoms with Gasteiger partial charge in [0.15, 0.2) is 6.10 Å². The first-order chi connectivity index (χ1) is 20.8. The Morgan fingerprint density at radius 1 is 1.00 bits per heavy atom. The molecule has 0 radical (unpaired) electrons. The van der Waals surface area contributed by atoms with Crippen LogP contribution < -0.4 is 16.4 Å². The third-order valence-electron chi connectivity index (χ3n) is 9.47. The monoisotopic (exact) mass is 589 g/mol. The molecule has 4 aliphatic rings. The number of piperidine rings is 1. The van der Waals surface area contributed by atoms with E-state index in [0.717, 1.165) is 59.6 Å². The smallest absolute Gasteiger partial charge is 0.410 e. The van der Waals surface area contributed by atoms with E-state index in [9.17, 15) is 14.4 Å². The maximum absolute atomic E-state index is 13.7. The Labute approximate surface area is 253 Å². The van der Waals surface area contributed by atoms with Crippen molar-refractivity contribution >= 4 is 29.4 Å². The number of urea groups is 1. The normalized spacial score (nSPS) is 22.0. The van der Waals surface area contributed by atoms with Gasteiger partial charge in [0.1, 0.15) is 0 Å². The zero-order valence-corrected chi connectivity index (χ0v) is 25.2. The molecule has 2 aromatic rings. The summed E-state index contributed by atoms with van der Waals surface area (Å²) in [7, 11) is 0. The Morgan fingerprint density at radius 2 is 1.72 bits per heavy atom. The number of para-hydroxylation sites is 1. The number of hydrogen-bond acceptors (Lipinski definition) is 7. The summed E-state index contributed by atoms with van der Waals surface area (Å²) in [4.78, 5) is 47.8. The Morgan fingerprint density at radius 3 is 2.42 bits per heavy atom. The summed E-state index contributed by atoms with van der Waals surface area (Å²) in [6.45, 7) is 8.50. The lowest BCUT2D eigenvalue weighted by Gasteiger charge is -2.46. The van der Waals surface area contributed by atoms with E-state index in [1.54, 1.807) is 9.80 Å². The molecule has 3 fully saturated rings. The van der Waals surface area contributed by atoms with Gasteiger partial charge < -0.3 is 35.8 Å². The molecule has 4 aliphatic heterocycles. The van der Waals surface area contributed by atoms with E-state index in [-0.39, 0.29) is 18.0 Å². The maximum Gasteiger partial charge on any atom is 0.410 e. The molecule has 0 bridgehead atoms. The number of carbonyl (C=O) groups excluding carboxylic acids is 3. The molecule has 2 unspecified atom stereocenters. The van der Waals surface area contributed by atoms with Crippen LogP contribution in [0.15, 0.2) is 36.4 Å². The van der Waals surface area contributed by atoms with Crippen LogP contribution in [0.1, 0.15) is 41.5 Å². The van der Waals surface area contributed by atoms with Gasteiger partial charge in [0.25, 0.3) is 5.91 Å². The molecule has 6 rings (SSSR count). The third kappa shape index (κ3) is 6.28. The number of nitrogens with zero attached hydrogens (tertiary/aromatic N) is 4. The lowest BCUT2D eigenvalue weighted by molar-refractivity contribution is -0.160. The predicted molar refractivity (Wildman–Crippen MR) is 164 cm³/mol. The fourth-order valence-corrected chi connectivity index (χ4v) is 6.79. The number of ether oxygens (including phenoxy) is 1. The number of aryl methyl sites for hydroxylation is 2. The molecule has 2 atom stereocenters. The van der Waals surface area contributed by atoms with Crippen molar-refractivity contribution in [3.05, 3.63) is 58.7 Å². The Hall–Kier alpha value is -3.83. The number of anilines is 2. The van der Waals surface area contributed by atoms with Crippen molar-refractivity contribution in [2.24, 2.45) is 0 Å². The highest BCUT2D eigenvalue weighted by Crippen LogP contribution is 2.26. The van der Waals surface area contributed by atoms with Crippen molar-refractivity contribution in [2.45, 2.75) is 64.1 Å². The van der Waals surface area contributed by atoms with Crippen molar-refractivity contribution in [1.29, 1.82) is 0 Å². The number of nitrogens with two attached hydrogens (primary N) is 1. The van der Waals surface area contributed by atoms with Crippen LogP contribution in [0.2, 0.25) is 0 Å². The SMILES string of the molecule is Cc1cc(CC(OC(=O)N2CCC(N3CCc4ccccc4NC3=O)CC2)C(=O)N2CN(C3CCNC3)C2)cc(C)c1N. The molecule has 0 spiro atoms. The highest BCUT2D eigenvalue weighted by molar-refractivity contribution is 5.91. The molecule has 3 saturated heterocycles. The number of rotatable bonds is 6. The summed E-state index contributed by atoms with van der Waals surface area (Å²) in [6, 6.07) is 12.2. The topological polar surface area (TPSA) is 123 Å². The van der Waals surface area contributed by atoms with Crippen molar-refractivity contribution in [3.63, 3.8) is 0 Å². The highest BCUT2D eigenvalue weighted by Gasteiger charge is 2.40. The summed E-state index contributed by atoms with van der Waals surface area (Å²) in [5.41, 5.74) is 11.7. The van der Waals surface area contributed by atoms with Crippen LogP contribution in [-0.4, -0.2) is 102 Å². The van der Waals surface area contributed by atoms with Crippen LogP contribution >= 0.6 is 0 Å². The van der Waals surface area contributed by atoms with Gasteiger partial charge >= 0.3 is 12.1 Å². The summed E-state index contributed by atoms with van der Waals surface area (Å²) in [6.07, 6.45) is 2.06. The van der Waals surface area contributed by atoms with E-state index in [4.69, 9.17) is 10.5 Å². The molecule has 43 heavy (non-hydrogen) atoms. The second-order valence-corrected chi connectivity index (χ2v) is 12.4. The van der Waals surface area contributed by atoms with Gasteiger partial charge in [-0.25, -0.2) is 9.59 Å². The fraction of sp³-hybridized carbons (Fsp3) is 0.531. The van der Waals surface area contributed by atoms with E-state index in [1.165, 1.54) is 0 Å². The lowest BCUT2D eigenvalue weighted by Crippen LogP contribution is -2.63. The van der Waals surface area contributed by atoms with Gasteiger partial charge in [0.05, 0.1) is 13.3 Å². The first kappa shape index (κ1) is 29.3. The first-order valence-corrected chi connectivity index (χ1v) is 15.5. The number of likely N-dealkylation sites (tertiary alicyclic amines) is 1. The van der Waals surface area contributed by atoms with Crippen LogP contribution in [0.25, 0.3) is 0 Å². The van der Waals surface area contributed by atoms with Crippen molar-refractivity contribution < 1.29 is 19.1 Å². The van der Waals surface area contributed by atoms with Crippen molar-refractivity contribution in [2.75, 3.05) is 57.1 Å². The number of amides is 4. The minimum atomic E-state index is -0.925. The Kier molecular flexibility index (Phi) is 8.45. The minimum Gasteiger partial charge on any atom is -0.436 e. The zero-order chi connectivity index (χ0) is 30.1. The largest absolute Gasteiger partial charge is 0.436 e.